The Bertz CT molecular complexity index is 659. The van der Waals surface area contributed by atoms with Crippen molar-refractivity contribution in [3.8, 4) is 11.5 Å². The summed E-state index contributed by atoms with van der Waals surface area (Å²) in [6.45, 7) is 0.881. The summed E-state index contributed by atoms with van der Waals surface area (Å²) >= 11 is 0. The number of aliphatic hydroxyl groups is 1. The molecule has 5 unspecified atom stereocenters. The molecule has 0 amide bonds. The Kier molecular flexibility index (Phi) is 3.41. The highest BCUT2D eigenvalue weighted by atomic mass is 16.5. The first-order chi connectivity index (χ1) is 11.1. The van der Waals surface area contributed by atoms with Crippen LogP contribution in [0.2, 0.25) is 0 Å². The molecule has 5 nitrogen and oxygen atoms in total. The molecule has 2 heterocycles. The zero-order chi connectivity index (χ0) is 16.2. The Labute approximate surface area is 136 Å². The second-order valence-electron chi connectivity index (χ2n) is 6.58. The number of methoxy groups -OCH3 is 3. The minimum absolute atomic E-state index is 0.0663. The molecule has 0 radical (unpaired) electrons. The van der Waals surface area contributed by atoms with Gasteiger partial charge in [-0.05, 0) is 30.5 Å². The van der Waals surface area contributed by atoms with E-state index in [0.717, 1.165) is 30.5 Å². The summed E-state index contributed by atoms with van der Waals surface area (Å²) in [5, 5.41) is 10.9. The molecule has 4 rings (SSSR count). The van der Waals surface area contributed by atoms with Crippen LogP contribution in [0.5, 0.6) is 11.5 Å². The van der Waals surface area contributed by atoms with Gasteiger partial charge in [-0.1, -0.05) is 12.2 Å². The van der Waals surface area contributed by atoms with E-state index in [1.54, 1.807) is 21.3 Å². The maximum Gasteiger partial charge on any atom is 0.161 e. The maximum absolute atomic E-state index is 10.9. The average molecular weight is 317 g/mol. The summed E-state index contributed by atoms with van der Waals surface area (Å²) < 4.78 is 16.4. The zero-order valence-electron chi connectivity index (χ0n) is 13.8. The molecular formula is C18H23NO4. The van der Waals surface area contributed by atoms with Crippen molar-refractivity contribution in [1.82, 2.24) is 4.90 Å². The van der Waals surface area contributed by atoms with E-state index in [0.29, 0.717) is 11.5 Å². The van der Waals surface area contributed by atoms with Crippen LogP contribution in [0.4, 0.5) is 0 Å². The van der Waals surface area contributed by atoms with Crippen LogP contribution in [0.15, 0.2) is 24.3 Å². The van der Waals surface area contributed by atoms with Gasteiger partial charge >= 0.3 is 0 Å². The van der Waals surface area contributed by atoms with Crippen LogP contribution < -0.4 is 9.47 Å². The lowest BCUT2D eigenvalue weighted by Gasteiger charge is -2.47. The SMILES string of the molecule is COc1cc2c(cc1OC)C13C=CC(OC)CC1N(CC3)C2O. The molecule has 23 heavy (non-hydrogen) atoms. The fourth-order valence-corrected chi connectivity index (χ4v) is 4.61. The first-order valence-electron chi connectivity index (χ1n) is 8.07. The Morgan fingerprint density at radius 3 is 2.61 bits per heavy atom. The molecule has 0 saturated carbocycles. The van der Waals surface area contributed by atoms with E-state index in [2.05, 4.69) is 17.1 Å². The highest BCUT2D eigenvalue weighted by molar-refractivity contribution is 5.55. The van der Waals surface area contributed by atoms with Crippen molar-refractivity contribution >= 4 is 0 Å². The Hall–Kier alpha value is -1.56. The molecule has 1 fully saturated rings. The molecule has 5 atom stereocenters. The maximum atomic E-state index is 10.9. The van der Waals surface area contributed by atoms with Gasteiger partial charge in [0.15, 0.2) is 11.5 Å². The van der Waals surface area contributed by atoms with Crippen LogP contribution in [0, 0.1) is 0 Å². The number of rotatable bonds is 3. The van der Waals surface area contributed by atoms with Crippen molar-refractivity contribution in [2.45, 2.75) is 36.6 Å². The highest BCUT2D eigenvalue weighted by Crippen LogP contribution is 2.55. The molecule has 2 bridgehead atoms. The Balaban J connectivity index is 1.91. The summed E-state index contributed by atoms with van der Waals surface area (Å²) in [5.74, 6) is 1.38. The molecule has 1 aromatic carbocycles. The lowest BCUT2D eigenvalue weighted by molar-refractivity contribution is -0.0400. The molecule has 0 aromatic heterocycles. The van der Waals surface area contributed by atoms with E-state index in [9.17, 15) is 5.11 Å². The minimum Gasteiger partial charge on any atom is -0.493 e. The molecule has 1 aliphatic carbocycles. The van der Waals surface area contributed by atoms with Crippen LogP contribution >= 0.6 is 0 Å². The van der Waals surface area contributed by atoms with Gasteiger partial charge in [0.2, 0.25) is 0 Å². The van der Waals surface area contributed by atoms with Gasteiger partial charge < -0.3 is 19.3 Å². The van der Waals surface area contributed by atoms with Gasteiger partial charge in [-0.3, -0.25) is 4.90 Å². The third kappa shape index (κ3) is 1.90. The third-order valence-electron chi connectivity index (χ3n) is 5.79. The average Bonchev–Trinajstić information content (AvgIpc) is 2.94. The van der Waals surface area contributed by atoms with Gasteiger partial charge in [0.25, 0.3) is 0 Å². The van der Waals surface area contributed by atoms with Crippen molar-refractivity contribution in [3.63, 3.8) is 0 Å². The van der Waals surface area contributed by atoms with Gasteiger partial charge in [0.1, 0.15) is 6.23 Å². The number of aliphatic hydroxyl groups excluding tert-OH is 1. The smallest absolute Gasteiger partial charge is 0.161 e. The lowest BCUT2D eigenvalue weighted by atomic mass is 9.66. The summed E-state index contributed by atoms with van der Waals surface area (Å²) in [4.78, 5) is 2.20. The number of nitrogens with zero attached hydrogens (tertiary/aromatic N) is 1. The van der Waals surface area contributed by atoms with Crippen molar-refractivity contribution in [2.75, 3.05) is 27.9 Å². The molecule has 1 aromatic rings. The van der Waals surface area contributed by atoms with Crippen LogP contribution in [-0.4, -0.2) is 50.0 Å². The van der Waals surface area contributed by atoms with E-state index in [-0.39, 0.29) is 17.6 Å². The van der Waals surface area contributed by atoms with Crippen molar-refractivity contribution in [2.24, 2.45) is 0 Å². The number of hydrogen-bond acceptors (Lipinski definition) is 5. The number of hydrogen-bond donors (Lipinski definition) is 1. The van der Waals surface area contributed by atoms with E-state index in [4.69, 9.17) is 14.2 Å². The lowest BCUT2D eigenvalue weighted by Crippen LogP contribution is -2.51. The monoisotopic (exact) mass is 317 g/mol. The largest absolute Gasteiger partial charge is 0.493 e. The van der Waals surface area contributed by atoms with E-state index in [1.807, 2.05) is 12.1 Å². The minimum atomic E-state index is -0.602. The van der Waals surface area contributed by atoms with E-state index >= 15 is 0 Å². The quantitative estimate of drug-likeness (QED) is 0.864. The summed E-state index contributed by atoms with van der Waals surface area (Å²) in [6.07, 6.45) is 5.86. The second kappa shape index (κ2) is 5.23. The number of benzene rings is 1. The van der Waals surface area contributed by atoms with Crippen LogP contribution in [0.1, 0.15) is 30.2 Å². The predicted molar refractivity (Wildman–Crippen MR) is 85.8 cm³/mol. The first kappa shape index (κ1) is 15.0. The summed E-state index contributed by atoms with van der Waals surface area (Å²) in [5.41, 5.74) is 2.02. The molecule has 1 saturated heterocycles. The van der Waals surface area contributed by atoms with Crippen molar-refractivity contribution in [3.05, 3.63) is 35.4 Å². The molecule has 0 spiro atoms. The van der Waals surface area contributed by atoms with Gasteiger partial charge in [-0.25, -0.2) is 0 Å². The molecule has 2 aliphatic heterocycles. The standard InChI is InChI=1S/C18H23NO4/c1-21-11-4-5-18-6-7-19(16(18)8-11)17(20)12-9-14(22-2)15(23-3)10-13(12)18/h4-5,9-11,16-17,20H,6-8H2,1-3H3. The topological polar surface area (TPSA) is 51.2 Å². The summed E-state index contributed by atoms with van der Waals surface area (Å²) in [6, 6.07) is 4.23. The van der Waals surface area contributed by atoms with Gasteiger partial charge in [-0.15, -0.1) is 0 Å². The van der Waals surface area contributed by atoms with E-state index < -0.39 is 6.23 Å². The zero-order valence-corrected chi connectivity index (χ0v) is 13.8. The second-order valence-corrected chi connectivity index (χ2v) is 6.58. The Morgan fingerprint density at radius 1 is 1.17 bits per heavy atom. The fourth-order valence-electron chi connectivity index (χ4n) is 4.61. The third-order valence-corrected chi connectivity index (χ3v) is 5.79. The van der Waals surface area contributed by atoms with E-state index in [1.165, 1.54) is 0 Å². The van der Waals surface area contributed by atoms with Crippen LogP contribution in [-0.2, 0) is 10.2 Å². The predicted octanol–water partition coefficient (Wildman–Crippen LogP) is 2.00. The normalized spacial score (nSPS) is 37.2. The van der Waals surface area contributed by atoms with Crippen molar-refractivity contribution < 1.29 is 19.3 Å². The van der Waals surface area contributed by atoms with Gasteiger partial charge in [0, 0.05) is 30.7 Å². The van der Waals surface area contributed by atoms with Crippen LogP contribution in [0.25, 0.3) is 0 Å². The van der Waals surface area contributed by atoms with Gasteiger partial charge in [-0.2, -0.15) is 0 Å². The molecule has 1 N–H and O–H groups in total. The highest BCUT2D eigenvalue weighted by Gasteiger charge is 2.56. The Morgan fingerprint density at radius 2 is 1.91 bits per heavy atom. The summed E-state index contributed by atoms with van der Waals surface area (Å²) in [7, 11) is 5.02. The molecule has 124 valence electrons. The number of fused-ring (bicyclic) bond motifs is 1. The fraction of sp³-hybridized carbons (Fsp3) is 0.556. The van der Waals surface area contributed by atoms with Gasteiger partial charge in [0.05, 0.1) is 20.3 Å². The molecule has 3 aliphatic rings. The molecule has 5 heteroatoms. The van der Waals surface area contributed by atoms with Crippen molar-refractivity contribution in [1.29, 1.82) is 0 Å². The first-order valence-corrected chi connectivity index (χ1v) is 8.07. The number of ether oxygens (including phenoxy) is 3. The molecular weight excluding hydrogens is 294 g/mol. The van der Waals surface area contributed by atoms with Crippen LogP contribution in [0.3, 0.4) is 0 Å².